The molecule has 1 aromatic carbocycles. The third-order valence-corrected chi connectivity index (χ3v) is 5.42. The zero-order chi connectivity index (χ0) is 15.3. The van der Waals surface area contributed by atoms with Crippen LogP contribution in [0.4, 0.5) is 0 Å². The van der Waals surface area contributed by atoms with E-state index in [1.165, 1.54) is 13.2 Å². The molecule has 0 atom stereocenters. The van der Waals surface area contributed by atoms with Crippen molar-refractivity contribution in [1.82, 2.24) is 4.72 Å². The smallest absolute Gasteiger partial charge is 0.244 e. The fourth-order valence-corrected chi connectivity index (χ4v) is 4.32. The SMILES string of the molecule is CCC(CC)CNS(=O)(=O)c1cc(Cl)cc(Br)c1OC. The molecule has 0 amide bonds. The molecule has 1 N–H and O–H groups in total. The average molecular weight is 385 g/mol. The van der Waals surface area contributed by atoms with E-state index in [2.05, 4.69) is 20.7 Å². The summed E-state index contributed by atoms with van der Waals surface area (Å²) in [6.07, 6.45) is 1.85. The van der Waals surface area contributed by atoms with E-state index in [1.54, 1.807) is 6.07 Å². The van der Waals surface area contributed by atoms with Gasteiger partial charge in [-0.05, 0) is 34.0 Å². The first kappa shape index (κ1) is 17.8. The normalized spacial score (nSPS) is 11.9. The Labute approximate surface area is 134 Å². The van der Waals surface area contributed by atoms with Crippen molar-refractivity contribution in [2.75, 3.05) is 13.7 Å². The summed E-state index contributed by atoms with van der Waals surface area (Å²) < 4.78 is 33.0. The lowest BCUT2D eigenvalue weighted by molar-refractivity contribution is 0.399. The van der Waals surface area contributed by atoms with Crippen LogP contribution in [0.2, 0.25) is 5.02 Å². The van der Waals surface area contributed by atoms with Gasteiger partial charge in [-0.3, -0.25) is 0 Å². The summed E-state index contributed by atoms with van der Waals surface area (Å²) in [6.45, 7) is 4.49. The Morgan fingerprint density at radius 2 is 1.95 bits per heavy atom. The molecule has 0 heterocycles. The van der Waals surface area contributed by atoms with Crippen LogP contribution in [0.25, 0.3) is 0 Å². The van der Waals surface area contributed by atoms with E-state index in [1.807, 2.05) is 13.8 Å². The first-order valence-electron chi connectivity index (χ1n) is 6.38. The molecule has 0 bridgehead atoms. The Bertz CT molecular complexity index is 559. The van der Waals surface area contributed by atoms with Crippen molar-refractivity contribution in [2.24, 2.45) is 5.92 Å². The highest BCUT2D eigenvalue weighted by Gasteiger charge is 2.23. The molecule has 0 saturated carbocycles. The molecule has 0 spiro atoms. The van der Waals surface area contributed by atoms with Gasteiger partial charge in [0.05, 0.1) is 11.6 Å². The minimum atomic E-state index is -3.65. The standard InChI is InChI=1S/C13H19BrClNO3S/c1-4-9(5-2)8-16-20(17,18)12-7-10(15)6-11(14)13(12)19-3/h6-7,9,16H,4-5,8H2,1-3H3. The second-order valence-electron chi connectivity index (χ2n) is 4.45. The van der Waals surface area contributed by atoms with Crippen LogP contribution in [0, 0.1) is 5.92 Å². The second-order valence-corrected chi connectivity index (χ2v) is 7.48. The first-order valence-corrected chi connectivity index (χ1v) is 9.03. The zero-order valence-electron chi connectivity index (χ0n) is 11.7. The largest absolute Gasteiger partial charge is 0.494 e. The maximum Gasteiger partial charge on any atom is 0.244 e. The third-order valence-electron chi connectivity index (χ3n) is 3.18. The van der Waals surface area contributed by atoms with Gasteiger partial charge < -0.3 is 4.74 Å². The fourth-order valence-electron chi connectivity index (χ4n) is 1.82. The molecule has 0 aliphatic rings. The number of nitrogens with one attached hydrogen (secondary N) is 1. The fraction of sp³-hybridized carbons (Fsp3) is 0.538. The molecule has 4 nitrogen and oxygen atoms in total. The number of halogens is 2. The molecule has 1 rings (SSSR count). The van der Waals surface area contributed by atoms with Gasteiger partial charge in [0.25, 0.3) is 0 Å². The second kappa shape index (κ2) is 7.64. The van der Waals surface area contributed by atoms with E-state index in [0.717, 1.165) is 12.8 Å². The van der Waals surface area contributed by atoms with Crippen molar-refractivity contribution in [3.05, 3.63) is 21.6 Å². The van der Waals surface area contributed by atoms with Gasteiger partial charge in [0.15, 0.2) is 5.75 Å². The van der Waals surface area contributed by atoms with Gasteiger partial charge >= 0.3 is 0 Å². The number of hydrogen-bond donors (Lipinski definition) is 1. The molecule has 0 aliphatic carbocycles. The minimum Gasteiger partial charge on any atom is -0.494 e. The maximum atomic E-state index is 12.4. The van der Waals surface area contributed by atoms with Crippen LogP contribution >= 0.6 is 27.5 Å². The molecule has 7 heteroatoms. The van der Waals surface area contributed by atoms with Gasteiger partial charge in [0.1, 0.15) is 4.90 Å². The number of sulfonamides is 1. The number of ether oxygens (including phenoxy) is 1. The lowest BCUT2D eigenvalue weighted by atomic mass is 10.0. The van der Waals surface area contributed by atoms with Crippen LogP contribution in [-0.4, -0.2) is 22.1 Å². The first-order chi connectivity index (χ1) is 9.35. The molecule has 0 fully saturated rings. The molecular formula is C13H19BrClNO3S. The van der Waals surface area contributed by atoms with E-state index < -0.39 is 10.0 Å². The van der Waals surface area contributed by atoms with Gasteiger partial charge in [0.2, 0.25) is 10.0 Å². The highest BCUT2D eigenvalue weighted by atomic mass is 79.9. The predicted octanol–water partition coefficient (Wildman–Crippen LogP) is 3.83. The van der Waals surface area contributed by atoms with E-state index in [9.17, 15) is 8.42 Å². The number of benzene rings is 1. The zero-order valence-corrected chi connectivity index (χ0v) is 14.9. The molecule has 0 unspecified atom stereocenters. The van der Waals surface area contributed by atoms with Gasteiger partial charge in [-0.25, -0.2) is 13.1 Å². The van der Waals surface area contributed by atoms with Gasteiger partial charge in [-0.2, -0.15) is 0 Å². The van der Waals surface area contributed by atoms with Crippen molar-refractivity contribution in [3.8, 4) is 5.75 Å². The summed E-state index contributed by atoms with van der Waals surface area (Å²) in [5, 5.41) is 0.334. The topological polar surface area (TPSA) is 55.4 Å². The number of methoxy groups -OCH3 is 1. The number of hydrogen-bond acceptors (Lipinski definition) is 3. The summed E-state index contributed by atoms with van der Waals surface area (Å²) in [7, 11) is -2.23. The molecule has 0 saturated heterocycles. The van der Waals surface area contributed by atoms with E-state index in [-0.39, 0.29) is 10.6 Å². The molecule has 0 radical (unpaired) electrons. The summed E-state index contributed by atoms with van der Waals surface area (Å²) in [5.41, 5.74) is 0. The van der Waals surface area contributed by atoms with Crippen molar-refractivity contribution in [2.45, 2.75) is 31.6 Å². The molecule has 1 aromatic rings. The Kier molecular flexibility index (Phi) is 6.78. The van der Waals surface area contributed by atoms with Crippen molar-refractivity contribution in [3.63, 3.8) is 0 Å². The van der Waals surface area contributed by atoms with Crippen molar-refractivity contribution < 1.29 is 13.2 Å². The summed E-state index contributed by atoms with van der Waals surface area (Å²) in [5.74, 6) is 0.574. The third kappa shape index (κ3) is 4.35. The van der Waals surface area contributed by atoms with Crippen LogP contribution in [0.3, 0.4) is 0 Å². The minimum absolute atomic E-state index is 0.0466. The van der Waals surface area contributed by atoms with Crippen LogP contribution in [0.1, 0.15) is 26.7 Å². The van der Waals surface area contributed by atoms with Gasteiger partial charge in [-0.1, -0.05) is 38.3 Å². The Hall–Kier alpha value is -0.300. The Morgan fingerprint density at radius 1 is 1.35 bits per heavy atom. The van der Waals surface area contributed by atoms with Gasteiger partial charge in [0, 0.05) is 11.6 Å². The van der Waals surface area contributed by atoms with E-state index in [0.29, 0.717) is 22.0 Å². The number of rotatable bonds is 7. The Balaban J connectivity index is 3.09. The molecule has 20 heavy (non-hydrogen) atoms. The van der Waals surface area contributed by atoms with Crippen LogP contribution < -0.4 is 9.46 Å². The maximum absolute atomic E-state index is 12.4. The average Bonchev–Trinajstić information content (AvgIpc) is 2.39. The van der Waals surface area contributed by atoms with Crippen LogP contribution in [-0.2, 0) is 10.0 Å². The molecule has 114 valence electrons. The summed E-state index contributed by atoms with van der Waals surface area (Å²) in [4.78, 5) is 0.0466. The molecular weight excluding hydrogens is 366 g/mol. The monoisotopic (exact) mass is 383 g/mol. The highest BCUT2D eigenvalue weighted by molar-refractivity contribution is 9.10. The van der Waals surface area contributed by atoms with Crippen molar-refractivity contribution >= 4 is 37.6 Å². The summed E-state index contributed by atoms with van der Waals surface area (Å²) in [6, 6.07) is 2.99. The molecule has 0 aromatic heterocycles. The van der Waals surface area contributed by atoms with Crippen LogP contribution in [0.15, 0.2) is 21.5 Å². The van der Waals surface area contributed by atoms with Crippen LogP contribution in [0.5, 0.6) is 5.75 Å². The highest BCUT2D eigenvalue weighted by Crippen LogP contribution is 2.35. The van der Waals surface area contributed by atoms with Crippen molar-refractivity contribution in [1.29, 1.82) is 0 Å². The quantitative estimate of drug-likeness (QED) is 0.777. The van der Waals surface area contributed by atoms with Gasteiger partial charge in [-0.15, -0.1) is 0 Å². The lowest BCUT2D eigenvalue weighted by Crippen LogP contribution is -2.29. The summed E-state index contributed by atoms with van der Waals surface area (Å²) >= 11 is 9.18. The van der Waals surface area contributed by atoms with E-state index in [4.69, 9.17) is 16.3 Å². The lowest BCUT2D eigenvalue weighted by Gasteiger charge is -2.16. The predicted molar refractivity (Wildman–Crippen MR) is 85.0 cm³/mol. The van der Waals surface area contributed by atoms with E-state index >= 15 is 0 Å². The Morgan fingerprint density at radius 3 is 2.45 bits per heavy atom. The molecule has 0 aliphatic heterocycles.